The third-order valence-electron chi connectivity index (χ3n) is 4.59. The molecule has 0 amide bonds. The molecule has 4 heteroatoms. The van der Waals surface area contributed by atoms with E-state index in [0.717, 1.165) is 24.5 Å². The van der Waals surface area contributed by atoms with Crippen molar-refractivity contribution >= 4 is 17.5 Å². The van der Waals surface area contributed by atoms with Crippen molar-refractivity contribution < 1.29 is 0 Å². The lowest BCUT2D eigenvalue weighted by molar-refractivity contribution is 0.748. The quantitative estimate of drug-likeness (QED) is 0.766. The SMILES string of the molecule is Cc1cc(N2c3ccccc3CC2C)nc(NCc2ccccc2)n1. The Morgan fingerprint density at radius 3 is 2.64 bits per heavy atom. The molecule has 0 spiro atoms. The second-order valence-corrected chi connectivity index (χ2v) is 6.58. The van der Waals surface area contributed by atoms with Crippen LogP contribution in [0.1, 0.15) is 23.7 Å². The Morgan fingerprint density at radius 2 is 1.80 bits per heavy atom. The molecule has 2 aromatic carbocycles. The first-order valence-corrected chi connectivity index (χ1v) is 8.71. The summed E-state index contributed by atoms with van der Waals surface area (Å²) in [5.74, 6) is 1.64. The molecular weight excluding hydrogens is 308 g/mol. The maximum atomic E-state index is 4.78. The first-order chi connectivity index (χ1) is 12.2. The van der Waals surface area contributed by atoms with Gasteiger partial charge in [0.1, 0.15) is 5.82 Å². The lowest BCUT2D eigenvalue weighted by Gasteiger charge is -2.24. The average Bonchev–Trinajstić information content (AvgIpc) is 2.96. The number of hydrogen-bond acceptors (Lipinski definition) is 4. The van der Waals surface area contributed by atoms with E-state index in [-0.39, 0.29) is 0 Å². The molecule has 3 aromatic rings. The Balaban J connectivity index is 1.62. The standard InChI is InChI=1S/C21H22N4/c1-15-12-20(25-16(2)13-18-10-6-7-11-19(18)25)24-21(23-15)22-14-17-8-4-3-5-9-17/h3-12,16H,13-14H2,1-2H3,(H,22,23,24). The van der Waals surface area contributed by atoms with Crippen LogP contribution in [-0.2, 0) is 13.0 Å². The van der Waals surface area contributed by atoms with Crippen LogP contribution in [0.3, 0.4) is 0 Å². The van der Waals surface area contributed by atoms with Gasteiger partial charge in [-0.25, -0.2) is 4.98 Å². The van der Waals surface area contributed by atoms with Gasteiger partial charge >= 0.3 is 0 Å². The number of aromatic nitrogens is 2. The molecule has 0 saturated carbocycles. The highest BCUT2D eigenvalue weighted by Crippen LogP contribution is 2.37. The van der Waals surface area contributed by atoms with Crippen LogP contribution >= 0.6 is 0 Å². The van der Waals surface area contributed by atoms with Crippen molar-refractivity contribution in [1.29, 1.82) is 0 Å². The van der Waals surface area contributed by atoms with Gasteiger partial charge in [0.25, 0.3) is 0 Å². The van der Waals surface area contributed by atoms with Crippen LogP contribution in [-0.4, -0.2) is 16.0 Å². The van der Waals surface area contributed by atoms with E-state index in [4.69, 9.17) is 4.98 Å². The number of benzene rings is 2. The lowest BCUT2D eigenvalue weighted by Crippen LogP contribution is -2.25. The van der Waals surface area contributed by atoms with E-state index >= 15 is 0 Å². The van der Waals surface area contributed by atoms with Crippen LogP contribution in [0.15, 0.2) is 60.7 Å². The first kappa shape index (κ1) is 15.6. The molecule has 1 N–H and O–H groups in total. The molecule has 0 fully saturated rings. The van der Waals surface area contributed by atoms with Gasteiger partial charge in [-0.3, -0.25) is 0 Å². The van der Waals surface area contributed by atoms with Gasteiger partial charge in [-0.15, -0.1) is 0 Å². The summed E-state index contributed by atoms with van der Waals surface area (Å²) in [6.07, 6.45) is 1.05. The molecule has 1 aliphatic rings. The van der Waals surface area contributed by atoms with Crippen molar-refractivity contribution in [2.75, 3.05) is 10.2 Å². The number of hydrogen-bond donors (Lipinski definition) is 1. The van der Waals surface area contributed by atoms with E-state index in [1.807, 2.05) is 25.1 Å². The van der Waals surface area contributed by atoms with Crippen LogP contribution < -0.4 is 10.2 Å². The number of fused-ring (bicyclic) bond motifs is 1. The normalized spacial score (nSPS) is 15.9. The molecule has 25 heavy (non-hydrogen) atoms. The highest BCUT2D eigenvalue weighted by Gasteiger charge is 2.28. The highest BCUT2D eigenvalue weighted by molar-refractivity contribution is 5.69. The van der Waals surface area contributed by atoms with Crippen LogP contribution in [0.5, 0.6) is 0 Å². The fourth-order valence-corrected chi connectivity index (χ4v) is 3.45. The summed E-state index contributed by atoms with van der Waals surface area (Å²) in [4.78, 5) is 11.7. The van der Waals surface area contributed by atoms with E-state index in [1.54, 1.807) is 0 Å². The van der Waals surface area contributed by atoms with Gasteiger partial charge in [-0.1, -0.05) is 48.5 Å². The molecule has 0 aliphatic carbocycles. The number of rotatable bonds is 4. The van der Waals surface area contributed by atoms with Crippen molar-refractivity contribution in [2.24, 2.45) is 0 Å². The maximum absolute atomic E-state index is 4.78. The smallest absolute Gasteiger partial charge is 0.225 e. The molecule has 0 radical (unpaired) electrons. The molecule has 1 aliphatic heterocycles. The fourth-order valence-electron chi connectivity index (χ4n) is 3.45. The second kappa shape index (κ2) is 6.55. The van der Waals surface area contributed by atoms with Gasteiger partial charge in [0.2, 0.25) is 5.95 Å². The Bertz CT molecular complexity index is 876. The third kappa shape index (κ3) is 3.20. The lowest BCUT2D eigenvalue weighted by atomic mass is 10.1. The van der Waals surface area contributed by atoms with Crippen LogP contribution in [0.25, 0.3) is 0 Å². The topological polar surface area (TPSA) is 41.1 Å². The zero-order chi connectivity index (χ0) is 17.2. The predicted octanol–water partition coefficient (Wildman–Crippen LogP) is 4.48. The first-order valence-electron chi connectivity index (χ1n) is 8.71. The monoisotopic (exact) mass is 330 g/mol. The zero-order valence-corrected chi connectivity index (χ0v) is 14.6. The Labute approximate surface area is 148 Å². The number of anilines is 3. The minimum atomic E-state index is 0.397. The van der Waals surface area contributed by atoms with Gasteiger partial charge in [-0.2, -0.15) is 4.98 Å². The molecule has 1 aromatic heterocycles. The number of aryl methyl sites for hydroxylation is 1. The van der Waals surface area contributed by atoms with Crippen molar-refractivity contribution in [3.05, 3.63) is 77.5 Å². The average molecular weight is 330 g/mol. The molecule has 1 atom stereocenters. The Hall–Kier alpha value is -2.88. The fraction of sp³-hybridized carbons (Fsp3) is 0.238. The minimum Gasteiger partial charge on any atom is -0.350 e. The summed E-state index contributed by atoms with van der Waals surface area (Å²) in [6.45, 7) is 4.98. The number of nitrogens with one attached hydrogen (secondary N) is 1. The number of nitrogens with zero attached hydrogens (tertiary/aromatic N) is 3. The van der Waals surface area contributed by atoms with Crippen molar-refractivity contribution in [2.45, 2.75) is 32.9 Å². The highest BCUT2D eigenvalue weighted by atomic mass is 15.3. The molecule has 2 heterocycles. The van der Waals surface area contributed by atoms with E-state index in [0.29, 0.717) is 12.0 Å². The van der Waals surface area contributed by atoms with Crippen LogP contribution in [0.2, 0.25) is 0 Å². The van der Waals surface area contributed by atoms with Crippen molar-refractivity contribution in [3.63, 3.8) is 0 Å². The van der Waals surface area contributed by atoms with Gasteiger partial charge in [0.15, 0.2) is 0 Å². The minimum absolute atomic E-state index is 0.397. The van der Waals surface area contributed by atoms with Crippen LogP contribution in [0, 0.1) is 6.92 Å². The Morgan fingerprint density at radius 1 is 1.04 bits per heavy atom. The molecule has 0 saturated heterocycles. The van der Waals surface area contributed by atoms with Gasteiger partial charge in [-0.05, 0) is 37.5 Å². The molecule has 1 unspecified atom stereocenters. The summed E-state index contributed by atoms with van der Waals surface area (Å²) in [6, 6.07) is 21.3. The summed E-state index contributed by atoms with van der Waals surface area (Å²) < 4.78 is 0. The second-order valence-electron chi connectivity index (χ2n) is 6.58. The van der Waals surface area contributed by atoms with Crippen molar-refractivity contribution in [3.8, 4) is 0 Å². The Kier molecular flexibility index (Phi) is 4.10. The predicted molar refractivity (Wildman–Crippen MR) is 102 cm³/mol. The van der Waals surface area contributed by atoms with E-state index in [9.17, 15) is 0 Å². The maximum Gasteiger partial charge on any atom is 0.225 e. The number of para-hydroxylation sites is 1. The van der Waals surface area contributed by atoms with Gasteiger partial charge in [0, 0.05) is 30.0 Å². The molecule has 4 nitrogen and oxygen atoms in total. The van der Waals surface area contributed by atoms with Gasteiger partial charge < -0.3 is 10.2 Å². The summed E-state index contributed by atoms with van der Waals surface area (Å²) in [5.41, 5.74) is 4.82. The molecule has 0 bridgehead atoms. The van der Waals surface area contributed by atoms with Gasteiger partial charge in [0.05, 0.1) is 0 Å². The molecule has 4 rings (SSSR count). The summed E-state index contributed by atoms with van der Waals surface area (Å²) in [5, 5.41) is 3.36. The van der Waals surface area contributed by atoms with E-state index < -0.39 is 0 Å². The van der Waals surface area contributed by atoms with Crippen LogP contribution in [0.4, 0.5) is 17.5 Å². The largest absolute Gasteiger partial charge is 0.350 e. The van der Waals surface area contributed by atoms with Crippen molar-refractivity contribution in [1.82, 2.24) is 9.97 Å². The van der Waals surface area contributed by atoms with E-state index in [2.05, 4.69) is 64.6 Å². The summed E-state index contributed by atoms with van der Waals surface area (Å²) >= 11 is 0. The molecular formula is C21H22N4. The summed E-state index contributed by atoms with van der Waals surface area (Å²) in [7, 11) is 0. The van der Waals surface area contributed by atoms with E-state index in [1.165, 1.54) is 16.8 Å². The molecule has 126 valence electrons. The zero-order valence-electron chi connectivity index (χ0n) is 14.6. The third-order valence-corrected chi connectivity index (χ3v) is 4.59.